The van der Waals surface area contributed by atoms with E-state index in [0.717, 1.165) is 12.3 Å². The number of alkyl halides is 5. The van der Waals surface area contributed by atoms with Crippen molar-refractivity contribution in [3.63, 3.8) is 0 Å². The lowest BCUT2D eigenvalue weighted by molar-refractivity contribution is -0.878. The number of nitrogens with zero attached hydrogens (tertiary/aromatic N) is 4. The Bertz CT molecular complexity index is 1480. The fourth-order valence-electron chi connectivity index (χ4n) is 3.53. The third-order valence-electron chi connectivity index (χ3n) is 5.22. The highest BCUT2D eigenvalue weighted by molar-refractivity contribution is 7.99. The molecule has 0 bridgehead atoms. The topological polar surface area (TPSA) is 70.1 Å². The smallest absolute Gasteiger partial charge is 0.433 e. The summed E-state index contributed by atoms with van der Waals surface area (Å²) in [5.74, 6) is -3.65. The van der Waals surface area contributed by atoms with E-state index in [1.165, 1.54) is 35.7 Å². The number of hydrogen-bond donors (Lipinski definition) is 0. The number of aromatic nitrogens is 4. The number of ether oxygens (including phenoxy) is 1. The Hall–Kier alpha value is -3.74. The number of pyridine rings is 4. The van der Waals surface area contributed by atoms with Crippen molar-refractivity contribution in [1.29, 1.82) is 0 Å². The Morgan fingerprint density at radius 1 is 1.08 bits per heavy atom. The highest BCUT2D eigenvalue weighted by atomic mass is 32.2. The van der Waals surface area contributed by atoms with E-state index in [1.807, 2.05) is 6.92 Å². The summed E-state index contributed by atoms with van der Waals surface area (Å²) < 4.78 is 73.5. The summed E-state index contributed by atoms with van der Waals surface area (Å²) in [4.78, 5) is 26.8. The van der Waals surface area contributed by atoms with Crippen LogP contribution in [0, 0.1) is 0 Å². The number of fused-ring (bicyclic) bond motifs is 1. The zero-order chi connectivity index (χ0) is 26.8. The van der Waals surface area contributed by atoms with Gasteiger partial charge in [-0.25, -0.2) is 9.97 Å². The summed E-state index contributed by atoms with van der Waals surface area (Å²) in [6, 6.07) is 10.7. The monoisotopic (exact) mass is 539 g/mol. The van der Waals surface area contributed by atoms with Gasteiger partial charge >= 0.3 is 12.1 Å². The molecular weight excluding hydrogens is 519 g/mol. The normalized spacial score (nSPS) is 12.1. The standard InChI is InChI=1S/C24H20F5N4O3S/c1-3-37-19-11-16(36-20-6-4-5-9-30-20)13-33(35-2)22(19)17-10-15-7-8-21(34)32(18(15)12-31-17)14-23(25,26)24(27,28)29/h4-13H,3,14H2,1-2H3/q+1. The largest absolute Gasteiger partial charge is 0.455 e. The molecule has 0 aromatic carbocycles. The van der Waals surface area contributed by atoms with E-state index >= 15 is 0 Å². The van der Waals surface area contributed by atoms with Crippen molar-refractivity contribution in [2.24, 2.45) is 0 Å². The van der Waals surface area contributed by atoms with Gasteiger partial charge in [-0.1, -0.05) is 13.0 Å². The van der Waals surface area contributed by atoms with Crippen LogP contribution in [-0.4, -0.2) is 39.5 Å². The zero-order valence-corrected chi connectivity index (χ0v) is 20.3. The molecule has 0 spiro atoms. The van der Waals surface area contributed by atoms with E-state index in [4.69, 9.17) is 9.57 Å². The third kappa shape index (κ3) is 5.50. The van der Waals surface area contributed by atoms with Gasteiger partial charge in [0.25, 0.3) is 17.5 Å². The minimum absolute atomic E-state index is 0.163. The van der Waals surface area contributed by atoms with Gasteiger partial charge in [0.15, 0.2) is 5.75 Å². The van der Waals surface area contributed by atoms with Gasteiger partial charge in [0.05, 0.1) is 23.2 Å². The molecule has 0 saturated carbocycles. The van der Waals surface area contributed by atoms with Gasteiger partial charge in [-0.2, -0.15) is 22.0 Å². The van der Waals surface area contributed by atoms with Gasteiger partial charge in [-0.3, -0.25) is 9.63 Å². The molecule has 4 aromatic heterocycles. The molecule has 0 unspecified atom stereocenters. The van der Waals surface area contributed by atoms with Crippen LogP contribution >= 0.6 is 11.8 Å². The average molecular weight is 540 g/mol. The molecule has 194 valence electrons. The summed E-state index contributed by atoms with van der Waals surface area (Å²) in [5.41, 5.74) is -0.342. The zero-order valence-electron chi connectivity index (χ0n) is 19.5. The quantitative estimate of drug-likeness (QED) is 0.180. The highest BCUT2D eigenvalue weighted by Crippen LogP contribution is 2.37. The first-order valence-electron chi connectivity index (χ1n) is 10.8. The molecule has 0 radical (unpaired) electrons. The summed E-state index contributed by atoms with van der Waals surface area (Å²) in [6.07, 6.45) is -1.58. The maximum Gasteiger partial charge on any atom is 0.455 e. The molecule has 7 nitrogen and oxygen atoms in total. The molecule has 4 aromatic rings. The molecule has 0 aliphatic rings. The minimum Gasteiger partial charge on any atom is -0.433 e. The van der Waals surface area contributed by atoms with Crippen LogP contribution in [0.1, 0.15) is 6.92 Å². The average Bonchev–Trinajstić information content (AvgIpc) is 2.85. The van der Waals surface area contributed by atoms with Crippen LogP contribution in [0.25, 0.3) is 22.3 Å². The molecular formula is C24H20F5N4O3S+. The van der Waals surface area contributed by atoms with E-state index in [0.29, 0.717) is 38.2 Å². The summed E-state index contributed by atoms with van der Waals surface area (Å²) >= 11 is 1.45. The van der Waals surface area contributed by atoms with Gasteiger partial charge in [0.1, 0.15) is 12.8 Å². The van der Waals surface area contributed by atoms with E-state index in [1.54, 1.807) is 36.7 Å². The Kier molecular flexibility index (Phi) is 7.35. The molecule has 0 saturated heterocycles. The van der Waals surface area contributed by atoms with Crippen molar-refractivity contribution >= 4 is 22.7 Å². The molecule has 13 heteroatoms. The second kappa shape index (κ2) is 10.3. The molecule has 0 aliphatic heterocycles. The lowest BCUT2D eigenvalue weighted by Gasteiger charge is -2.21. The maximum absolute atomic E-state index is 13.8. The van der Waals surface area contributed by atoms with Gasteiger partial charge in [-0.15, -0.1) is 11.8 Å². The van der Waals surface area contributed by atoms with Crippen molar-refractivity contribution in [1.82, 2.24) is 14.5 Å². The van der Waals surface area contributed by atoms with E-state index in [9.17, 15) is 26.7 Å². The Morgan fingerprint density at radius 2 is 1.86 bits per heavy atom. The van der Waals surface area contributed by atoms with Crippen molar-refractivity contribution in [3.8, 4) is 23.0 Å². The number of thioether (sulfide) groups is 1. The second-order valence-electron chi connectivity index (χ2n) is 7.69. The van der Waals surface area contributed by atoms with Gasteiger partial charge in [-0.05, 0) is 24.0 Å². The molecule has 0 amide bonds. The lowest BCUT2D eigenvalue weighted by Crippen LogP contribution is -2.43. The Morgan fingerprint density at radius 3 is 2.51 bits per heavy atom. The molecule has 4 heterocycles. The first kappa shape index (κ1) is 26.3. The van der Waals surface area contributed by atoms with Gasteiger partial charge in [0, 0.05) is 34.5 Å². The van der Waals surface area contributed by atoms with Crippen LogP contribution in [0.2, 0.25) is 0 Å². The first-order valence-corrected chi connectivity index (χ1v) is 11.8. The van der Waals surface area contributed by atoms with Gasteiger partial charge in [0.2, 0.25) is 5.88 Å². The fourth-order valence-corrected chi connectivity index (χ4v) is 4.37. The predicted octanol–water partition coefficient (Wildman–Crippen LogP) is 4.91. The number of rotatable bonds is 8. The van der Waals surface area contributed by atoms with E-state index < -0.39 is 24.2 Å². The summed E-state index contributed by atoms with van der Waals surface area (Å²) in [5, 5.41) is 0.242. The van der Waals surface area contributed by atoms with E-state index in [-0.39, 0.29) is 10.9 Å². The molecule has 37 heavy (non-hydrogen) atoms. The van der Waals surface area contributed by atoms with Crippen LogP contribution in [0.4, 0.5) is 22.0 Å². The van der Waals surface area contributed by atoms with Crippen LogP contribution in [0.15, 0.2) is 70.7 Å². The lowest BCUT2D eigenvalue weighted by atomic mass is 10.1. The maximum atomic E-state index is 13.8. The minimum atomic E-state index is -5.81. The third-order valence-corrected chi connectivity index (χ3v) is 6.13. The highest BCUT2D eigenvalue weighted by Gasteiger charge is 2.57. The van der Waals surface area contributed by atoms with Crippen molar-refractivity contribution < 1.29 is 36.3 Å². The van der Waals surface area contributed by atoms with Crippen LogP contribution < -0.4 is 19.9 Å². The van der Waals surface area contributed by atoms with Crippen LogP contribution in [-0.2, 0) is 6.54 Å². The Labute approximate surface area is 211 Å². The molecule has 0 aliphatic carbocycles. The van der Waals surface area contributed by atoms with Crippen molar-refractivity contribution in [2.75, 3.05) is 12.9 Å². The summed E-state index contributed by atoms with van der Waals surface area (Å²) in [6.45, 7) is 0.0769. The molecule has 0 fully saturated rings. The molecule has 0 atom stereocenters. The number of halogens is 5. The van der Waals surface area contributed by atoms with Gasteiger partial charge < -0.3 is 9.30 Å². The van der Waals surface area contributed by atoms with Crippen LogP contribution in [0.5, 0.6) is 11.6 Å². The van der Waals surface area contributed by atoms with Crippen LogP contribution in [0.3, 0.4) is 0 Å². The molecule has 4 rings (SSSR count). The number of hydrogen-bond acceptors (Lipinski definition) is 6. The fraction of sp³-hybridized carbons (Fsp3) is 0.250. The predicted molar refractivity (Wildman–Crippen MR) is 126 cm³/mol. The Balaban J connectivity index is 1.81. The van der Waals surface area contributed by atoms with E-state index in [2.05, 4.69) is 9.97 Å². The molecule has 0 N–H and O–H groups in total. The van der Waals surface area contributed by atoms with Crippen molar-refractivity contribution in [3.05, 3.63) is 71.4 Å². The first-order chi connectivity index (χ1) is 17.5. The summed E-state index contributed by atoms with van der Waals surface area (Å²) in [7, 11) is 1.42. The SMILES string of the molecule is CCSc1cc(Oc2ccccn2)c[n+](OC)c1-c1cc2ccc(=O)n(CC(F)(F)C(F)(F)F)c2cn1. The van der Waals surface area contributed by atoms with Crippen molar-refractivity contribution in [2.45, 2.75) is 30.5 Å². The second-order valence-corrected chi connectivity index (χ2v) is 8.99.